The molecule has 0 unspecified atom stereocenters. The molecular weight excluding hydrogens is 266 g/mol. The van der Waals surface area contributed by atoms with Gasteiger partial charge in [0.05, 0.1) is 23.2 Å². The monoisotopic (exact) mass is 283 g/mol. The lowest BCUT2D eigenvalue weighted by molar-refractivity contribution is 0.0922. The lowest BCUT2D eigenvalue weighted by atomic mass is 9.99. The van der Waals surface area contributed by atoms with Gasteiger partial charge in [0.25, 0.3) is 5.91 Å². The van der Waals surface area contributed by atoms with Crippen LogP contribution >= 0.6 is 0 Å². The second-order valence-corrected chi connectivity index (χ2v) is 5.67. The summed E-state index contributed by atoms with van der Waals surface area (Å²) in [6.07, 6.45) is 5.03. The van der Waals surface area contributed by atoms with E-state index in [0.29, 0.717) is 16.6 Å². The number of carbonyl (C=O) groups is 1. The summed E-state index contributed by atoms with van der Waals surface area (Å²) in [5.74, 6) is -0.220. The normalized spacial score (nSPS) is 16.8. The van der Waals surface area contributed by atoms with Gasteiger partial charge in [-0.25, -0.2) is 4.98 Å². The summed E-state index contributed by atoms with van der Waals surface area (Å²) in [5.41, 5.74) is 1.25. The molecule has 0 bridgehead atoms. The molecule has 108 valence electrons. The molecule has 2 heterocycles. The van der Waals surface area contributed by atoms with Gasteiger partial charge in [0.15, 0.2) is 5.65 Å². The summed E-state index contributed by atoms with van der Waals surface area (Å²) in [4.78, 5) is 17.0. The van der Waals surface area contributed by atoms with Crippen molar-refractivity contribution in [1.82, 2.24) is 20.1 Å². The topological polar surface area (TPSA) is 83.6 Å². The Labute approximate surface area is 122 Å². The first-order valence-corrected chi connectivity index (χ1v) is 7.08. The maximum Gasteiger partial charge on any atom is 0.253 e. The molecule has 0 atom stereocenters. The second kappa shape index (κ2) is 4.85. The van der Waals surface area contributed by atoms with Crippen LogP contribution in [0.1, 0.15) is 41.7 Å². The smallest absolute Gasteiger partial charge is 0.253 e. The number of nitriles is 1. The quantitative estimate of drug-likeness (QED) is 0.911. The van der Waals surface area contributed by atoms with Crippen molar-refractivity contribution in [2.24, 2.45) is 7.05 Å². The minimum absolute atomic E-state index is 0.220. The summed E-state index contributed by atoms with van der Waals surface area (Å²) in [7, 11) is 1.80. The molecule has 21 heavy (non-hydrogen) atoms. The SMILES string of the molecule is Cc1cc(C(=O)NC2(C#N)CCCC2)c2cnn(C)c2n1. The third-order valence-electron chi connectivity index (χ3n) is 4.10. The Balaban J connectivity index is 2.00. The molecule has 1 fully saturated rings. The molecule has 0 aliphatic heterocycles. The molecule has 0 saturated heterocycles. The van der Waals surface area contributed by atoms with Crippen LogP contribution in [0, 0.1) is 18.3 Å². The van der Waals surface area contributed by atoms with E-state index in [1.54, 1.807) is 24.0 Å². The Morgan fingerprint density at radius 2 is 2.19 bits per heavy atom. The van der Waals surface area contributed by atoms with Gasteiger partial charge in [0.2, 0.25) is 0 Å². The highest BCUT2D eigenvalue weighted by atomic mass is 16.1. The molecule has 0 radical (unpaired) electrons. The predicted molar refractivity (Wildman–Crippen MR) is 77.5 cm³/mol. The van der Waals surface area contributed by atoms with Crippen molar-refractivity contribution >= 4 is 16.9 Å². The molecule has 2 aromatic rings. The fraction of sp³-hybridized carbons (Fsp3) is 0.467. The number of nitrogens with one attached hydrogen (secondary N) is 1. The zero-order valence-corrected chi connectivity index (χ0v) is 12.2. The first-order valence-electron chi connectivity index (χ1n) is 7.08. The molecule has 1 saturated carbocycles. The van der Waals surface area contributed by atoms with Crippen molar-refractivity contribution in [3.8, 4) is 6.07 Å². The zero-order valence-electron chi connectivity index (χ0n) is 12.2. The molecule has 1 N–H and O–H groups in total. The number of aryl methyl sites for hydroxylation is 2. The average molecular weight is 283 g/mol. The number of hydrogen-bond acceptors (Lipinski definition) is 4. The molecule has 2 aromatic heterocycles. The van der Waals surface area contributed by atoms with Crippen LogP contribution in [0.5, 0.6) is 0 Å². The van der Waals surface area contributed by atoms with E-state index < -0.39 is 5.54 Å². The summed E-state index contributed by atoms with van der Waals surface area (Å²) < 4.78 is 1.65. The van der Waals surface area contributed by atoms with E-state index in [1.165, 1.54) is 0 Å². The van der Waals surface area contributed by atoms with E-state index >= 15 is 0 Å². The Hall–Kier alpha value is -2.42. The summed E-state index contributed by atoms with van der Waals surface area (Å²) in [6.45, 7) is 1.85. The standard InChI is InChI=1S/C15H17N5O/c1-10-7-11(12-8-17-20(2)13(12)18-10)14(21)19-15(9-16)5-3-4-6-15/h7-8H,3-6H2,1-2H3,(H,19,21). The molecule has 0 spiro atoms. The lowest BCUT2D eigenvalue weighted by Gasteiger charge is -2.22. The minimum Gasteiger partial charge on any atom is -0.334 e. The van der Waals surface area contributed by atoms with E-state index in [0.717, 1.165) is 31.4 Å². The van der Waals surface area contributed by atoms with Gasteiger partial charge < -0.3 is 5.32 Å². The maximum absolute atomic E-state index is 12.6. The van der Waals surface area contributed by atoms with Crippen molar-refractivity contribution in [3.63, 3.8) is 0 Å². The molecule has 1 amide bonds. The predicted octanol–water partition coefficient (Wildman–Crippen LogP) is 1.84. The van der Waals surface area contributed by atoms with Crippen molar-refractivity contribution < 1.29 is 4.79 Å². The van der Waals surface area contributed by atoms with E-state index in [-0.39, 0.29) is 5.91 Å². The number of aromatic nitrogens is 3. The largest absolute Gasteiger partial charge is 0.334 e. The summed E-state index contributed by atoms with van der Waals surface area (Å²) >= 11 is 0. The molecule has 3 rings (SSSR count). The van der Waals surface area contributed by atoms with Crippen LogP contribution in [0.3, 0.4) is 0 Å². The van der Waals surface area contributed by atoms with Gasteiger partial charge in [-0.3, -0.25) is 9.48 Å². The molecular formula is C15H17N5O. The number of rotatable bonds is 2. The third-order valence-corrected chi connectivity index (χ3v) is 4.10. The highest BCUT2D eigenvalue weighted by molar-refractivity contribution is 6.05. The van der Waals surface area contributed by atoms with Crippen molar-refractivity contribution in [2.45, 2.75) is 38.1 Å². The Morgan fingerprint density at radius 3 is 2.86 bits per heavy atom. The molecule has 1 aliphatic carbocycles. The fourth-order valence-corrected chi connectivity index (χ4v) is 2.96. The van der Waals surface area contributed by atoms with Crippen molar-refractivity contribution in [2.75, 3.05) is 0 Å². The van der Waals surface area contributed by atoms with E-state index in [1.807, 2.05) is 6.92 Å². The Kier molecular flexibility index (Phi) is 3.13. The van der Waals surface area contributed by atoms with Gasteiger partial charge in [-0.05, 0) is 38.7 Å². The van der Waals surface area contributed by atoms with Crippen LogP contribution in [0.2, 0.25) is 0 Å². The van der Waals surface area contributed by atoms with Crippen LogP contribution in [-0.4, -0.2) is 26.2 Å². The number of amides is 1. The van der Waals surface area contributed by atoms with Gasteiger partial charge in [0.1, 0.15) is 5.54 Å². The number of fused-ring (bicyclic) bond motifs is 1. The van der Waals surface area contributed by atoms with E-state index in [4.69, 9.17) is 0 Å². The first kappa shape index (κ1) is 13.6. The van der Waals surface area contributed by atoms with Crippen LogP contribution in [0.15, 0.2) is 12.3 Å². The number of carbonyl (C=O) groups excluding carboxylic acids is 1. The second-order valence-electron chi connectivity index (χ2n) is 5.67. The number of hydrogen-bond donors (Lipinski definition) is 1. The highest BCUT2D eigenvalue weighted by Crippen LogP contribution is 2.29. The van der Waals surface area contributed by atoms with Gasteiger partial charge in [0, 0.05) is 12.7 Å². The van der Waals surface area contributed by atoms with Crippen LogP contribution in [0.25, 0.3) is 11.0 Å². The van der Waals surface area contributed by atoms with E-state index in [2.05, 4.69) is 21.5 Å². The van der Waals surface area contributed by atoms with Gasteiger partial charge in [-0.15, -0.1) is 0 Å². The zero-order chi connectivity index (χ0) is 15.0. The average Bonchev–Trinajstić information content (AvgIpc) is 3.07. The summed E-state index contributed by atoms with van der Waals surface area (Å²) in [6, 6.07) is 4.03. The first-order chi connectivity index (χ1) is 10.0. The van der Waals surface area contributed by atoms with Gasteiger partial charge in [-0.2, -0.15) is 10.4 Å². The summed E-state index contributed by atoms with van der Waals surface area (Å²) in [5, 5.41) is 17.2. The van der Waals surface area contributed by atoms with Crippen LogP contribution in [0.4, 0.5) is 0 Å². The van der Waals surface area contributed by atoms with Crippen LogP contribution < -0.4 is 5.32 Å². The van der Waals surface area contributed by atoms with Crippen LogP contribution in [-0.2, 0) is 7.05 Å². The lowest BCUT2D eigenvalue weighted by Crippen LogP contribution is -2.45. The van der Waals surface area contributed by atoms with Gasteiger partial charge in [-0.1, -0.05) is 0 Å². The van der Waals surface area contributed by atoms with Crippen molar-refractivity contribution in [1.29, 1.82) is 5.26 Å². The number of pyridine rings is 1. The van der Waals surface area contributed by atoms with E-state index in [9.17, 15) is 10.1 Å². The molecule has 0 aromatic carbocycles. The van der Waals surface area contributed by atoms with Crippen molar-refractivity contribution in [3.05, 3.63) is 23.5 Å². The minimum atomic E-state index is -0.719. The third kappa shape index (κ3) is 2.25. The van der Waals surface area contributed by atoms with Gasteiger partial charge >= 0.3 is 0 Å². The fourth-order valence-electron chi connectivity index (χ4n) is 2.96. The molecule has 6 heteroatoms. The number of nitrogens with zero attached hydrogens (tertiary/aromatic N) is 4. The Bertz CT molecular complexity index is 749. The maximum atomic E-state index is 12.6. The molecule has 1 aliphatic rings. The molecule has 6 nitrogen and oxygen atoms in total. The highest BCUT2D eigenvalue weighted by Gasteiger charge is 2.36. The Morgan fingerprint density at radius 1 is 1.48 bits per heavy atom.